The topological polar surface area (TPSA) is 140 Å². The van der Waals surface area contributed by atoms with Gasteiger partial charge >= 0.3 is 0 Å². The van der Waals surface area contributed by atoms with Crippen molar-refractivity contribution in [3.8, 4) is 11.5 Å². The number of carbonyl (C=O) groups excluding carboxylic acids is 1. The Labute approximate surface area is 180 Å². The largest absolute Gasteiger partial charge is 0.497 e. The van der Waals surface area contributed by atoms with Crippen molar-refractivity contribution >= 4 is 29.1 Å². The van der Waals surface area contributed by atoms with E-state index in [0.29, 0.717) is 22.7 Å². The maximum Gasteiger partial charge on any atom is 0.209 e. The van der Waals surface area contributed by atoms with Crippen LogP contribution in [0.1, 0.15) is 11.6 Å². The fraction of sp³-hybridized carbons (Fsp3) is 0.182. The van der Waals surface area contributed by atoms with E-state index < -0.39 is 17.5 Å². The number of carbonyl (C=O) groups is 1. The number of Topliss-reactive ketones (excluding diaryl/α,β-unsaturated/α-hetero) is 1. The van der Waals surface area contributed by atoms with E-state index in [1.54, 1.807) is 49.5 Å². The first-order chi connectivity index (χ1) is 15.0. The maximum absolute atomic E-state index is 13.3. The molecule has 2 aromatic rings. The number of hydrogen-bond donors (Lipinski definition) is 5. The molecule has 0 aliphatic rings. The van der Waals surface area contributed by atoms with Crippen LogP contribution in [0, 0.1) is 10.8 Å². The zero-order valence-corrected chi connectivity index (χ0v) is 17.5. The predicted octanol–water partition coefficient (Wildman–Crippen LogP) is 3.03. The molecule has 0 fully saturated rings. The lowest BCUT2D eigenvalue weighted by Crippen LogP contribution is -2.33. The highest BCUT2D eigenvalue weighted by Crippen LogP contribution is 2.29. The Balaban J connectivity index is 2.48. The van der Waals surface area contributed by atoms with E-state index >= 15 is 0 Å². The summed E-state index contributed by atoms with van der Waals surface area (Å²) in [7, 11) is 4.63. The molecule has 0 aliphatic carbocycles. The molecular weight excluding hydrogens is 398 g/mol. The predicted molar refractivity (Wildman–Crippen MR) is 120 cm³/mol. The maximum atomic E-state index is 13.3. The van der Waals surface area contributed by atoms with E-state index in [4.69, 9.17) is 20.3 Å². The molecule has 0 aromatic heterocycles. The molecule has 162 valence electrons. The van der Waals surface area contributed by atoms with Gasteiger partial charge in [-0.15, -0.1) is 0 Å². The van der Waals surface area contributed by atoms with Crippen LogP contribution < -0.4 is 20.1 Å². The van der Waals surface area contributed by atoms with Crippen molar-refractivity contribution in [1.82, 2.24) is 5.32 Å². The van der Waals surface area contributed by atoms with Crippen LogP contribution in [-0.2, 0) is 4.79 Å². The van der Waals surface area contributed by atoms with Crippen molar-refractivity contribution in [2.75, 3.05) is 26.6 Å². The lowest BCUT2D eigenvalue weighted by atomic mass is 9.94. The van der Waals surface area contributed by atoms with Crippen molar-refractivity contribution in [3.05, 3.63) is 65.9 Å². The zero-order valence-electron chi connectivity index (χ0n) is 17.5. The summed E-state index contributed by atoms with van der Waals surface area (Å²) >= 11 is 0. The highest BCUT2D eigenvalue weighted by atomic mass is 16.5. The van der Waals surface area contributed by atoms with E-state index in [2.05, 4.69) is 15.8 Å². The molecule has 1 atom stereocenters. The van der Waals surface area contributed by atoms with E-state index in [1.807, 2.05) is 6.07 Å². The van der Waals surface area contributed by atoms with Crippen LogP contribution in [0.5, 0.6) is 11.5 Å². The molecule has 0 aliphatic heterocycles. The molecule has 0 radical (unpaired) electrons. The zero-order chi connectivity index (χ0) is 22.8. The number of hydrogen-bond acceptors (Lipinski definition) is 9. The van der Waals surface area contributed by atoms with E-state index in [1.165, 1.54) is 20.4 Å². The molecule has 0 saturated heterocycles. The summed E-state index contributed by atoms with van der Waals surface area (Å²) in [6.07, 6.45) is 2.26. The lowest BCUT2D eigenvalue weighted by molar-refractivity contribution is -0.113. The normalized spacial score (nSPS) is 12.5. The van der Waals surface area contributed by atoms with Gasteiger partial charge in [0.15, 0.2) is 0 Å². The molecule has 5 N–H and O–H groups in total. The molecule has 31 heavy (non-hydrogen) atoms. The summed E-state index contributed by atoms with van der Waals surface area (Å²) in [5.41, 5.74) is 0.347. The number of oxime groups is 1. The van der Waals surface area contributed by atoms with Gasteiger partial charge in [0, 0.05) is 48.9 Å². The monoisotopic (exact) mass is 423 g/mol. The van der Waals surface area contributed by atoms with Gasteiger partial charge in [-0.25, -0.2) is 0 Å². The van der Waals surface area contributed by atoms with Crippen molar-refractivity contribution in [1.29, 1.82) is 10.8 Å². The minimum Gasteiger partial charge on any atom is -0.497 e. The quantitative estimate of drug-likeness (QED) is 0.214. The molecule has 2 rings (SSSR count). The average Bonchev–Trinajstić information content (AvgIpc) is 2.81. The third kappa shape index (κ3) is 5.69. The third-order valence-electron chi connectivity index (χ3n) is 4.37. The second kappa shape index (κ2) is 11.1. The molecule has 2 aromatic carbocycles. The van der Waals surface area contributed by atoms with E-state index in [0.717, 1.165) is 6.21 Å². The Kier molecular flexibility index (Phi) is 8.32. The molecule has 0 bridgehead atoms. The van der Waals surface area contributed by atoms with Crippen molar-refractivity contribution in [3.63, 3.8) is 0 Å². The average molecular weight is 423 g/mol. The number of ether oxygens (including phenoxy) is 2. The Morgan fingerprint density at radius 3 is 2.23 bits per heavy atom. The lowest BCUT2D eigenvalue weighted by Gasteiger charge is -2.21. The molecule has 0 saturated carbocycles. The van der Waals surface area contributed by atoms with Crippen LogP contribution in [-0.4, -0.2) is 49.9 Å². The van der Waals surface area contributed by atoms with Crippen LogP contribution in [0.15, 0.2) is 65.5 Å². The van der Waals surface area contributed by atoms with Gasteiger partial charge < -0.3 is 30.7 Å². The van der Waals surface area contributed by atoms with Gasteiger partial charge in [0.1, 0.15) is 29.0 Å². The van der Waals surface area contributed by atoms with Crippen LogP contribution in [0.3, 0.4) is 0 Å². The molecule has 9 heteroatoms. The number of methoxy groups -OCH3 is 2. The summed E-state index contributed by atoms with van der Waals surface area (Å²) in [6, 6.07) is 13.0. The smallest absolute Gasteiger partial charge is 0.209 e. The second-order valence-corrected chi connectivity index (χ2v) is 6.31. The van der Waals surface area contributed by atoms with Crippen LogP contribution in [0.25, 0.3) is 0 Å². The summed E-state index contributed by atoms with van der Waals surface area (Å²) in [5.74, 6) is 0.401. The van der Waals surface area contributed by atoms with Gasteiger partial charge in [-0.05, 0) is 5.56 Å². The number of ketones is 1. The second-order valence-electron chi connectivity index (χ2n) is 6.31. The standard InChI is InChI=1S/C22H25N5O4/c1-25-13-15(12-23)20(27-29)19(24)22(28)21(14-7-5-4-6-8-14)26-16-9-17(30-2)11-18(10-16)31-3/h4-13,21,23-26,29H,1-3H3/b15-13+,23-12?,24-19?,27-20-. The third-order valence-corrected chi connectivity index (χ3v) is 4.37. The molecule has 0 amide bonds. The SMILES string of the molecule is CN/C=C(C=N)/C(=N/O)C(=N)C(=O)C(Nc1cc(OC)cc(OC)c1)c1ccccc1. The highest BCUT2D eigenvalue weighted by molar-refractivity contribution is 6.71. The summed E-state index contributed by atoms with van der Waals surface area (Å²) in [5, 5.41) is 34.2. The minimum absolute atomic E-state index is 0.0817. The summed E-state index contributed by atoms with van der Waals surface area (Å²) in [4.78, 5) is 13.3. The van der Waals surface area contributed by atoms with Gasteiger partial charge in [0.25, 0.3) is 0 Å². The van der Waals surface area contributed by atoms with E-state index in [-0.39, 0.29) is 11.3 Å². The van der Waals surface area contributed by atoms with Crippen molar-refractivity contribution in [2.45, 2.75) is 6.04 Å². The van der Waals surface area contributed by atoms with Crippen LogP contribution >= 0.6 is 0 Å². The Morgan fingerprint density at radius 2 is 1.74 bits per heavy atom. The highest BCUT2D eigenvalue weighted by Gasteiger charge is 2.29. The van der Waals surface area contributed by atoms with Crippen molar-refractivity contribution < 1.29 is 19.5 Å². The fourth-order valence-electron chi connectivity index (χ4n) is 2.85. The number of allylic oxidation sites excluding steroid dienone is 1. The first kappa shape index (κ1) is 23.1. The molecule has 9 nitrogen and oxygen atoms in total. The van der Waals surface area contributed by atoms with Gasteiger partial charge in [-0.2, -0.15) is 0 Å². The number of nitrogens with one attached hydrogen (secondary N) is 4. The van der Waals surface area contributed by atoms with Gasteiger partial charge in [0.2, 0.25) is 5.78 Å². The van der Waals surface area contributed by atoms with Crippen LogP contribution in [0.2, 0.25) is 0 Å². The fourth-order valence-corrected chi connectivity index (χ4v) is 2.85. The molecule has 0 heterocycles. The number of benzene rings is 2. The van der Waals surface area contributed by atoms with E-state index in [9.17, 15) is 10.0 Å². The molecule has 0 spiro atoms. The van der Waals surface area contributed by atoms with Gasteiger partial charge in [-0.1, -0.05) is 35.5 Å². The van der Waals surface area contributed by atoms with Gasteiger partial charge in [0.05, 0.1) is 14.2 Å². The van der Waals surface area contributed by atoms with Crippen LogP contribution in [0.4, 0.5) is 5.69 Å². The Morgan fingerprint density at radius 1 is 1.13 bits per heavy atom. The number of rotatable bonds is 11. The first-order valence-corrected chi connectivity index (χ1v) is 9.27. The number of anilines is 1. The Hall–Kier alpha value is -4.14. The van der Waals surface area contributed by atoms with Crippen molar-refractivity contribution in [2.24, 2.45) is 5.16 Å². The molecule has 1 unspecified atom stereocenters. The first-order valence-electron chi connectivity index (χ1n) is 9.27. The van der Waals surface area contributed by atoms with Gasteiger partial charge in [-0.3, -0.25) is 10.2 Å². The summed E-state index contributed by atoms with van der Waals surface area (Å²) in [6.45, 7) is 0. The number of nitrogens with zero attached hydrogens (tertiary/aromatic N) is 1. The Bertz CT molecular complexity index is 980. The summed E-state index contributed by atoms with van der Waals surface area (Å²) < 4.78 is 10.6. The minimum atomic E-state index is -0.969. The molecular formula is C22H25N5O4.